The van der Waals surface area contributed by atoms with E-state index in [1.807, 2.05) is 13.0 Å². The summed E-state index contributed by atoms with van der Waals surface area (Å²) in [7, 11) is 0. The van der Waals surface area contributed by atoms with Crippen LogP contribution in [0.3, 0.4) is 0 Å². The molecule has 0 atom stereocenters. The van der Waals surface area contributed by atoms with E-state index in [0.29, 0.717) is 5.00 Å². The summed E-state index contributed by atoms with van der Waals surface area (Å²) in [6, 6.07) is 9.23. The molecule has 8 heteroatoms. The maximum Gasteiger partial charge on any atom is 0.573 e. The zero-order valence-electron chi connectivity index (χ0n) is 14.7. The molecule has 1 N–H and O–H groups in total. The van der Waals surface area contributed by atoms with Crippen LogP contribution in [0.4, 0.5) is 18.2 Å². The Hall–Kier alpha value is -2.48. The average molecular weight is 396 g/mol. The van der Waals surface area contributed by atoms with Gasteiger partial charge in [0, 0.05) is 29.7 Å². The molecule has 1 aliphatic rings. The van der Waals surface area contributed by atoms with Crippen molar-refractivity contribution < 1.29 is 22.7 Å². The van der Waals surface area contributed by atoms with Crippen molar-refractivity contribution in [2.75, 3.05) is 18.4 Å². The molecular weight excluding hydrogens is 377 g/mol. The van der Waals surface area contributed by atoms with E-state index in [-0.39, 0.29) is 11.7 Å². The van der Waals surface area contributed by atoms with Crippen molar-refractivity contribution in [3.63, 3.8) is 0 Å². The van der Waals surface area contributed by atoms with Gasteiger partial charge in [0.2, 0.25) is 0 Å². The van der Waals surface area contributed by atoms with Gasteiger partial charge in [0.15, 0.2) is 0 Å². The quantitative estimate of drug-likeness (QED) is 0.702. The van der Waals surface area contributed by atoms with Crippen molar-refractivity contribution in [1.29, 1.82) is 0 Å². The number of carbonyl (C=O) groups excluding carboxylic acids is 1. The van der Waals surface area contributed by atoms with Gasteiger partial charge in [-0.1, -0.05) is 0 Å². The molecule has 0 radical (unpaired) electrons. The fourth-order valence-corrected chi connectivity index (χ4v) is 3.80. The van der Waals surface area contributed by atoms with Crippen LogP contribution in [0.5, 0.6) is 5.75 Å². The first-order valence-corrected chi connectivity index (χ1v) is 9.32. The van der Waals surface area contributed by atoms with E-state index in [2.05, 4.69) is 15.0 Å². The highest BCUT2D eigenvalue weighted by molar-refractivity contribution is 7.19. The number of nitrogens with one attached hydrogen (secondary N) is 1. The molecule has 0 bridgehead atoms. The topological polar surface area (TPSA) is 41.6 Å². The number of nitrogens with zero attached hydrogens (tertiary/aromatic N) is 1. The average Bonchev–Trinajstić information content (AvgIpc) is 3.25. The lowest BCUT2D eigenvalue weighted by atomic mass is 10.2. The molecule has 1 aliphatic heterocycles. The van der Waals surface area contributed by atoms with E-state index in [1.54, 1.807) is 24.3 Å². The zero-order valence-corrected chi connectivity index (χ0v) is 15.5. The Morgan fingerprint density at radius 1 is 1.15 bits per heavy atom. The molecule has 0 saturated carbocycles. The van der Waals surface area contributed by atoms with Gasteiger partial charge in [-0.05, 0) is 61.7 Å². The molecular formula is C19H19F3N2O2S. The monoisotopic (exact) mass is 396 g/mol. The smallest absolute Gasteiger partial charge is 0.406 e. The summed E-state index contributed by atoms with van der Waals surface area (Å²) in [4.78, 5) is 15.2. The van der Waals surface area contributed by atoms with Crippen LogP contribution in [-0.4, -0.2) is 30.3 Å². The third-order valence-corrected chi connectivity index (χ3v) is 5.22. The summed E-state index contributed by atoms with van der Waals surface area (Å²) in [6.07, 6.45) is -0.821. The molecule has 1 aromatic carbocycles. The number of thiophene rings is 1. The molecule has 144 valence electrons. The van der Waals surface area contributed by atoms with Gasteiger partial charge in [-0.15, -0.1) is 24.5 Å². The summed E-state index contributed by atoms with van der Waals surface area (Å²) in [5, 5.41) is 3.51. The number of ether oxygens (including phenoxy) is 1. The molecule has 1 fully saturated rings. The molecule has 1 saturated heterocycles. The predicted molar refractivity (Wildman–Crippen MR) is 99.6 cm³/mol. The van der Waals surface area contributed by atoms with E-state index in [9.17, 15) is 18.0 Å². The van der Waals surface area contributed by atoms with Crippen molar-refractivity contribution in [1.82, 2.24) is 4.90 Å². The largest absolute Gasteiger partial charge is 0.573 e. The van der Waals surface area contributed by atoms with Crippen LogP contribution in [0.15, 0.2) is 48.2 Å². The Morgan fingerprint density at radius 2 is 1.81 bits per heavy atom. The van der Waals surface area contributed by atoms with E-state index in [0.717, 1.165) is 42.1 Å². The molecule has 2 heterocycles. The number of hydrogen-bond donors (Lipinski definition) is 1. The minimum Gasteiger partial charge on any atom is -0.406 e. The molecule has 4 nitrogen and oxygen atoms in total. The van der Waals surface area contributed by atoms with Crippen LogP contribution in [0.2, 0.25) is 0 Å². The second-order valence-corrected chi connectivity index (χ2v) is 7.29. The first kappa shape index (κ1) is 19.3. The van der Waals surface area contributed by atoms with Gasteiger partial charge >= 0.3 is 6.36 Å². The highest BCUT2D eigenvalue weighted by Crippen LogP contribution is 2.33. The van der Waals surface area contributed by atoms with Crippen molar-refractivity contribution >= 4 is 22.2 Å². The molecule has 0 spiro atoms. The lowest BCUT2D eigenvalue weighted by molar-refractivity contribution is -0.274. The summed E-state index contributed by atoms with van der Waals surface area (Å²) < 4.78 is 40.5. The van der Waals surface area contributed by atoms with Crippen LogP contribution in [0.25, 0.3) is 10.4 Å². The predicted octanol–water partition coefficient (Wildman–Crippen LogP) is 5.25. The Labute approximate surface area is 159 Å². The first-order valence-electron chi connectivity index (χ1n) is 8.50. The van der Waals surface area contributed by atoms with Crippen molar-refractivity contribution in [2.45, 2.75) is 26.1 Å². The number of alkyl halides is 3. The fourth-order valence-electron chi connectivity index (χ4n) is 2.89. The molecule has 0 aliphatic carbocycles. The normalized spacial score (nSPS) is 15.1. The van der Waals surface area contributed by atoms with Gasteiger partial charge in [0.25, 0.3) is 5.91 Å². The lowest BCUT2D eigenvalue weighted by Crippen LogP contribution is -2.19. The Morgan fingerprint density at radius 3 is 2.44 bits per heavy atom. The van der Waals surface area contributed by atoms with Crippen molar-refractivity contribution in [2.24, 2.45) is 0 Å². The van der Waals surface area contributed by atoms with Crippen LogP contribution >= 0.6 is 11.3 Å². The fraction of sp³-hybridized carbons (Fsp3) is 0.316. The van der Waals surface area contributed by atoms with Gasteiger partial charge in [-0.2, -0.15) is 0 Å². The first-order chi connectivity index (χ1) is 12.8. The number of amides is 1. The molecule has 27 heavy (non-hydrogen) atoms. The second kappa shape index (κ2) is 8.04. The van der Waals surface area contributed by atoms with Gasteiger partial charge < -0.3 is 15.0 Å². The molecule has 2 aromatic rings. The molecule has 3 rings (SSSR count). The number of benzene rings is 1. The van der Waals surface area contributed by atoms with Gasteiger partial charge in [-0.25, -0.2) is 0 Å². The highest BCUT2D eigenvalue weighted by atomic mass is 32.1. The number of halogens is 3. The van der Waals surface area contributed by atoms with Crippen LogP contribution in [0.1, 0.15) is 19.8 Å². The molecule has 1 amide bonds. The SMILES string of the molecule is CC(=CC(=O)Nc1ccc(-c2ccc(OC(F)(F)F)cc2)s1)N1CCCC1. The van der Waals surface area contributed by atoms with Crippen LogP contribution in [0, 0.1) is 0 Å². The van der Waals surface area contributed by atoms with Crippen LogP contribution in [-0.2, 0) is 4.79 Å². The number of hydrogen-bond acceptors (Lipinski definition) is 4. The maximum atomic E-state index is 12.2. The van der Waals surface area contributed by atoms with E-state index in [1.165, 1.54) is 23.5 Å². The van der Waals surface area contributed by atoms with Gasteiger partial charge in [0.05, 0.1) is 5.00 Å². The second-order valence-electron chi connectivity index (χ2n) is 6.21. The number of anilines is 1. The van der Waals surface area contributed by atoms with E-state index in [4.69, 9.17) is 0 Å². The molecule has 1 aromatic heterocycles. The third kappa shape index (κ3) is 5.50. The Bertz CT molecular complexity index is 822. The highest BCUT2D eigenvalue weighted by Gasteiger charge is 2.31. The van der Waals surface area contributed by atoms with E-state index >= 15 is 0 Å². The molecule has 0 unspecified atom stereocenters. The minimum atomic E-state index is -4.71. The third-order valence-electron chi connectivity index (χ3n) is 4.17. The summed E-state index contributed by atoms with van der Waals surface area (Å²) >= 11 is 1.35. The summed E-state index contributed by atoms with van der Waals surface area (Å²) in [6.45, 7) is 3.88. The van der Waals surface area contributed by atoms with Crippen LogP contribution < -0.4 is 10.1 Å². The zero-order chi connectivity index (χ0) is 19.4. The number of allylic oxidation sites excluding steroid dienone is 1. The maximum absolute atomic E-state index is 12.2. The summed E-state index contributed by atoms with van der Waals surface area (Å²) in [5.74, 6) is -0.458. The van der Waals surface area contributed by atoms with Crippen molar-refractivity contribution in [3.05, 3.63) is 48.2 Å². The number of carbonyl (C=O) groups is 1. The van der Waals surface area contributed by atoms with Gasteiger partial charge in [0.1, 0.15) is 5.75 Å². The summed E-state index contributed by atoms with van der Waals surface area (Å²) in [5.41, 5.74) is 1.70. The standard InChI is InChI=1S/C19H19F3N2O2S/c1-13(24-10-2-3-11-24)12-17(25)23-18-9-8-16(27-18)14-4-6-15(7-5-14)26-19(20,21)22/h4-9,12H,2-3,10-11H2,1H3,(H,23,25). The minimum absolute atomic E-state index is 0.193. The Kier molecular flexibility index (Phi) is 5.74. The van der Waals surface area contributed by atoms with E-state index < -0.39 is 6.36 Å². The van der Waals surface area contributed by atoms with Gasteiger partial charge in [-0.3, -0.25) is 4.79 Å². The lowest BCUT2D eigenvalue weighted by Gasteiger charge is -2.17. The number of likely N-dealkylation sites (tertiary alicyclic amines) is 1. The number of rotatable bonds is 5. The Balaban J connectivity index is 1.62. The van der Waals surface area contributed by atoms with Crippen molar-refractivity contribution in [3.8, 4) is 16.2 Å².